The Kier molecular flexibility index (Phi) is 5.07. The third-order valence-electron chi connectivity index (χ3n) is 4.07. The SMILES string of the molecule is O=C(NCc1ccccc1Cl)C1CCN(c2ccc(Cl)cc2)C1=O. The number of rotatable bonds is 4. The van der Waals surface area contributed by atoms with Gasteiger partial charge in [0.2, 0.25) is 11.8 Å². The Labute approximate surface area is 150 Å². The van der Waals surface area contributed by atoms with Gasteiger partial charge in [0.25, 0.3) is 0 Å². The minimum atomic E-state index is -0.664. The highest BCUT2D eigenvalue weighted by molar-refractivity contribution is 6.31. The zero-order valence-corrected chi connectivity index (χ0v) is 14.3. The van der Waals surface area contributed by atoms with Gasteiger partial charge in [0.15, 0.2) is 0 Å². The number of halogens is 2. The maximum absolute atomic E-state index is 12.5. The van der Waals surface area contributed by atoms with Gasteiger partial charge < -0.3 is 10.2 Å². The van der Waals surface area contributed by atoms with Gasteiger partial charge in [0, 0.05) is 28.8 Å². The molecule has 0 aromatic heterocycles. The van der Waals surface area contributed by atoms with E-state index in [9.17, 15) is 9.59 Å². The fraction of sp³-hybridized carbons (Fsp3) is 0.222. The predicted molar refractivity (Wildman–Crippen MR) is 95.2 cm³/mol. The van der Waals surface area contributed by atoms with Crippen LogP contribution in [0.15, 0.2) is 48.5 Å². The van der Waals surface area contributed by atoms with Crippen molar-refractivity contribution < 1.29 is 9.59 Å². The molecule has 1 saturated heterocycles. The van der Waals surface area contributed by atoms with Crippen molar-refractivity contribution in [3.8, 4) is 0 Å². The Morgan fingerprint density at radius 3 is 2.54 bits per heavy atom. The first-order valence-corrected chi connectivity index (χ1v) is 8.40. The van der Waals surface area contributed by atoms with Gasteiger partial charge in [-0.05, 0) is 42.3 Å². The predicted octanol–water partition coefficient (Wildman–Crippen LogP) is 3.66. The van der Waals surface area contributed by atoms with Crippen LogP contribution in [-0.4, -0.2) is 18.4 Å². The average Bonchev–Trinajstić information content (AvgIpc) is 2.96. The third-order valence-corrected chi connectivity index (χ3v) is 4.69. The second-order valence-electron chi connectivity index (χ2n) is 5.62. The molecule has 1 N–H and O–H groups in total. The van der Waals surface area contributed by atoms with Gasteiger partial charge in [-0.3, -0.25) is 9.59 Å². The van der Waals surface area contributed by atoms with Crippen LogP contribution in [0.1, 0.15) is 12.0 Å². The Bertz CT molecular complexity index is 762. The number of amides is 2. The maximum Gasteiger partial charge on any atom is 0.239 e. The molecule has 4 nitrogen and oxygen atoms in total. The van der Waals surface area contributed by atoms with Gasteiger partial charge >= 0.3 is 0 Å². The number of carbonyl (C=O) groups excluding carboxylic acids is 2. The van der Waals surface area contributed by atoms with Crippen LogP contribution in [0, 0.1) is 5.92 Å². The lowest BCUT2D eigenvalue weighted by atomic mass is 10.1. The van der Waals surface area contributed by atoms with Crippen LogP contribution < -0.4 is 10.2 Å². The van der Waals surface area contributed by atoms with Crippen molar-refractivity contribution in [1.29, 1.82) is 0 Å². The van der Waals surface area contributed by atoms with Crippen LogP contribution in [-0.2, 0) is 16.1 Å². The largest absolute Gasteiger partial charge is 0.351 e. The van der Waals surface area contributed by atoms with Gasteiger partial charge in [-0.2, -0.15) is 0 Å². The van der Waals surface area contributed by atoms with Crippen LogP contribution in [0.4, 0.5) is 5.69 Å². The Hall–Kier alpha value is -2.04. The molecule has 124 valence electrons. The van der Waals surface area contributed by atoms with Crippen molar-refractivity contribution in [2.45, 2.75) is 13.0 Å². The second-order valence-corrected chi connectivity index (χ2v) is 6.46. The van der Waals surface area contributed by atoms with E-state index < -0.39 is 5.92 Å². The first-order chi connectivity index (χ1) is 11.6. The fourth-order valence-corrected chi connectivity index (χ4v) is 3.08. The first kappa shape index (κ1) is 16.8. The quantitative estimate of drug-likeness (QED) is 0.843. The topological polar surface area (TPSA) is 49.4 Å². The van der Waals surface area contributed by atoms with E-state index in [1.807, 2.05) is 18.2 Å². The smallest absolute Gasteiger partial charge is 0.239 e. The van der Waals surface area contributed by atoms with Crippen molar-refractivity contribution in [2.24, 2.45) is 5.92 Å². The molecule has 1 heterocycles. The summed E-state index contributed by atoms with van der Waals surface area (Å²) in [6.07, 6.45) is 0.496. The molecule has 0 radical (unpaired) electrons. The van der Waals surface area contributed by atoms with E-state index >= 15 is 0 Å². The van der Waals surface area contributed by atoms with Gasteiger partial charge in [-0.15, -0.1) is 0 Å². The average molecular weight is 363 g/mol. The van der Waals surface area contributed by atoms with Crippen molar-refractivity contribution in [3.63, 3.8) is 0 Å². The summed E-state index contributed by atoms with van der Waals surface area (Å²) in [5.41, 5.74) is 1.58. The molecule has 0 aliphatic carbocycles. The van der Waals surface area contributed by atoms with Gasteiger partial charge in [-0.1, -0.05) is 41.4 Å². The van der Waals surface area contributed by atoms with Crippen LogP contribution in [0.2, 0.25) is 10.0 Å². The molecule has 0 saturated carbocycles. The summed E-state index contributed by atoms with van der Waals surface area (Å²) >= 11 is 11.9. The highest BCUT2D eigenvalue weighted by Gasteiger charge is 2.37. The molecular weight excluding hydrogens is 347 g/mol. The normalized spacial score (nSPS) is 17.2. The molecular formula is C18H16Cl2N2O2. The zero-order valence-electron chi connectivity index (χ0n) is 12.8. The monoisotopic (exact) mass is 362 g/mol. The lowest BCUT2D eigenvalue weighted by Crippen LogP contribution is -2.36. The van der Waals surface area contributed by atoms with Crippen molar-refractivity contribution in [1.82, 2.24) is 5.32 Å². The van der Waals surface area contributed by atoms with Crippen LogP contribution >= 0.6 is 23.2 Å². The maximum atomic E-state index is 12.5. The van der Waals surface area contributed by atoms with Crippen LogP contribution in [0.5, 0.6) is 0 Å². The Morgan fingerprint density at radius 2 is 1.83 bits per heavy atom. The summed E-state index contributed by atoms with van der Waals surface area (Å²) in [7, 11) is 0. The molecule has 24 heavy (non-hydrogen) atoms. The van der Waals surface area contributed by atoms with Crippen molar-refractivity contribution >= 4 is 40.7 Å². The van der Waals surface area contributed by atoms with Crippen molar-refractivity contribution in [2.75, 3.05) is 11.4 Å². The number of benzene rings is 2. The first-order valence-electron chi connectivity index (χ1n) is 7.64. The van der Waals surface area contributed by atoms with Gasteiger partial charge in [0.1, 0.15) is 5.92 Å². The van der Waals surface area contributed by atoms with Crippen LogP contribution in [0.25, 0.3) is 0 Å². The Morgan fingerprint density at radius 1 is 1.12 bits per heavy atom. The summed E-state index contributed by atoms with van der Waals surface area (Å²) in [5, 5.41) is 4.01. The highest BCUT2D eigenvalue weighted by atomic mass is 35.5. The van der Waals surface area contributed by atoms with Crippen molar-refractivity contribution in [3.05, 3.63) is 64.1 Å². The number of nitrogens with one attached hydrogen (secondary N) is 1. The molecule has 0 bridgehead atoms. The number of hydrogen-bond donors (Lipinski definition) is 1. The van der Waals surface area contributed by atoms with Gasteiger partial charge in [-0.25, -0.2) is 0 Å². The molecule has 0 spiro atoms. The van der Waals surface area contributed by atoms with Crippen LogP contribution in [0.3, 0.4) is 0 Å². The summed E-state index contributed by atoms with van der Waals surface area (Å²) in [4.78, 5) is 26.5. The van der Waals surface area contributed by atoms with E-state index in [0.717, 1.165) is 11.3 Å². The fourth-order valence-electron chi connectivity index (χ4n) is 2.75. The minimum Gasteiger partial charge on any atom is -0.351 e. The molecule has 1 fully saturated rings. The minimum absolute atomic E-state index is 0.186. The summed E-state index contributed by atoms with van der Waals surface area (Å²) < 4.78 is 0. The van der Waals surface area contributed by atoms with Gasteiger partial charge in [0.05, 0.1) is 0 Å². The molecule has 1 aliphatic heterocycles. The highest BCUT2D eigenvalue weighted by Crippen LogP contribution is 2.26. The number of hydrogen-bond acceptors (Lipinski definition) is 2. The van der Waals surface area contributed by atoms with E-state index in [-0.39, 0.29) is 11.8 Å². The van der Waals surface area contributed by atoms with E-state index in [4.69, 9.17) is 23.2 Å². The molecule has 1 unspecified atom stereocenters. The van der Waals surface area contributed by atoms with E-state index in [0.29, 0.717) is 29.6 Å². The summed E-state index contributed by atoms with van der Waals surface area (Å²) in [6.45, 7) is 0.827. The van der Waals surface area contributed by atoms with E-state index in [1.165, 1.54) is 0 Å². The lowest BCUT2D eigenvalue weighted by molar-refractivity contribution is -0.132. The number of anilines is 1. The second kappa shape index (κ2) is 7.24. The summed E-state index contributed by atoms with van der Waals surface area (Å²) in [5.74, 6) is -1.12. The molecule has 2 amide bonds. The number of nitrogens with zero attached hydrogens (tertiary/aromatic N) is 1. The standard InChI is InChI=1S/C18H16Cl2N2O2/c19-13-5-7-14(8-6-13)22-10-9-15(18(22)24)17(23)21-11-12-3-1-2-4-16(12)20/h1-8,15H,9-11H2,(H,21,23). The molecule has 1 atom stereocenters. The lowest BCUT2D eigenvalue weighted by Gasteiger charge is -2.17. The summed E-state index contributed by atoms with van der Waals surface area (Å²) in [6, 6.07) is 14.3. The third kappa shape index (κ3) is 3.55. The van der Waals surface area contributed by atoms with E-state index in [1.54, 1.807) is 35.2 Å². The molecule has 3 rings (SSSR count). The molecule has 1 aliphatic rings. The Balaban J connectivity index is 1.63. The molecule has 6 heteroatoms. The molecule has 2 aromatic carbocycles. The van der Waals surface area contributed by atoms with E-state index in [2.05, 4.69) is 5.32 Å². The molecule has 2 aromatic rings. The zero-order chi connectivity index (χ0) is 17.1. The number of carbonyl (C=O) groups is 2.